The fourth-order valence-electron chi connectivity index (χ4n) is 2.93. The van der Waals surface area contributed by atoms with Crippen LogP contribution >= 0.6 is 22.9 Å². The van der Waals surface area contributed by atoms with Gasteiger partial charge in [0.25, 0.3) is 5.91 Å². The summed E-state index contributed by atoms with van der Waals surface area (Å²) in [5.41, 5.74) is 1.19. The van der Waals surface area contributed by atoms with Crippen LogP contribution in [-0.4, -0.2) is 28.9 Å². The van der Waals surface area contributed by atoms with E-state index in [0.717, 1.165) is 37.3 Å². The standard InChI is InChI=1S/C17H19ClFN3OS/c1-11-3-2-6-22(8-11)9-13-10-24-17(20-13)21-16(23)14-5-4-12(19)7-15(14)18/h4-5,7,10-11H,2-3,6,8-9H2,1H3,(H,20,21,23)/t11-/m0/s1. The average molecular weight is 368 g/mol. The molecule has 1 aliphatic rings. The number of hydrogen-bond acceptors (Lipinski definition) is 4. The van der Waals surface area contributed by atoms with E-state index < -0.39 is 5.82 Å². The van der Waals surface area contributed by atoms with E-state index in [9.17, 15) is 9.18 Å². The van der Waals surface area contributed by atoms with Crippen molar-refractivity contribution in [2.24, 2.45) is 5.92 Å². The van der Waals surface area contributed by atoms with Gasteiger partial charge in [0.15, 0.2) is 5.13 Å². The highest BCUT2D eigenvalue weighted by molar-refractivity contribution is 7.14. The molecular weight excluding hydrogens is 349 g/mol. The van der Waals surface area contributed by atoms with Gasteiger partial charge in [0.2, 0.25) is 0 Å². The maximum absolute atomic E-state index is 13.1. The topological polar surface area (TPSA) is 45.2 Å². The Bertz CT molecular complexity index is 736. The Morgan fingerprint density at radius 1 is 1.54 bits per heavy atom. The number of nitrogens with zero attached hydrogens (tertiary/aromatic N) is 2. The number of aromatic nitrogens is 1. The van der Waals surface area contributed by atoms with E-state index in [1.807, 2.05) is 5.38 Å². The minimum atomic E-state index is -0.469. The molecule has 1 N–H and O–H groups in total. The predicted octanol–water partition coefficient (Wildman–Crippen LogP) is 4.42. The Hall–Kier alpha value is -1.50. The van der Waals surface area contributed by atoms with Gasteiger partial charge in [0.05, 0.1) is 16.3 Å². The van der Waals surface area contributed by atoms with Crippen LogP contribution in [0.5, 0.6) is 0 Å². The molecular formula is C17H19ClFN3OS. The number of benzene rings is 1. The fraction of sp³-hybridized carbons (Fsp3) is 0.412. The molecule has 3 rings (SSSR count). The minimum Gasteiger partial charge on any atom is -0.298 e. The molecule has 7 heteroatoms. The minimum absolute atomic E-state index is 0.0894. The Labute approximate surface area is 149 Å². The summed E-state index contributed by atoms with van der Waals surface area (Å²) in [4.78, 5) is 19.1. The molecule has 0 radical (unpaired) electrons. The van der Waals surface area contributed by atoms with Crippen LogP contribution in [0.25, 0.3) is 0 Å². The first-order chi connectivity index (χ1) is 11.5. The highest BCUT2D eigenvalue weighted by Crippen LogP contribution is 2.23. The van der Waals surface area contributed by atoms with Crippen LogP contribution in [0, 0.1) is 11.7 Å². The summed E-state index contributed by atoms with van der Waals surface area (Å²) < 4.78 is 13.1. The van der Waals surface area contributed by atoms with Gasteiger partial charge in [-0.3, -0.25) is 15.0 Å². The Balaban J connectivity index is 1.62. The van der Waals surface area contributed by atoms with E-state index in [-0.39, 0.29) is 16.5 Å². The molecule has 0 unspecified atom stereocenters. The average Bonchev–Trinajstić information content (AvgIpc) is 2.94. The van der Waals surface area contributed by atoms with Gasteiger partial charge in [-0.15, -0.1) is 11.3 Å². The molecule has 128 valence electrons. The monoisotopic (exact) mass is 367 g/mol. The first-order valence-corrected chi connectivity index (χ1v) is 9.20. The van der Waals surface area contributed by atoms with Crippen molar-refractivity contribution in [1.29, 1.82) is 0 Å². The lowest BCUT2D eigenvalue weighted by Gasteiger charge is -2.30. The van der Waals surface area contributed by atoms with Crippen LogP contribution in [0.4, 0.5) is 9.52 Å². The number of halogens is 2. The van der Waals surface area contributed by atoms with E-state index in [4.69, 9.17) is 11.6 Å². The zero-order valence-corrected chi connectivity index (χ0v) is 15.0. The highest BCUT2D eigenvalue weighted by atomic mass is 35.5. The van der Waals surface area contributed by atoms with E-state index in [1.54, 1.807) is 0 Å². The molecule has 1 aromatic heterocycles. The van der Waals surface area contributed by atoms with E-state index >= 15 is 0 Å². The molecule has 1 aromatic carbocycles. The third kappa shape index (κ3) is 4.32. The molecule has 4 nitrogen and oxygen atoms in total. The van der Waals surface area contributed by atoms with Gasteiger partial charge in [-0.25, -0.2) is 9.37 Å². The molecule has 0 bridgehead atoms. The lowest BCUT2D eigenvalue weighted by molar-refractivity contribution is 0.102. The van der Waals surface area contributed by atoms with Crippen LogP contribution in [-0.2, 0) is 6.54 Å². The number of anilines is 1. The van der Waals surface area contributed by atoms with Crippen LogP contribution in [0.1, 0.15) is 35.8 Å². The van der Waals surface area contributed by atoms with Crippen LogP contribution in [0.15, 0.2) is 23.6 Å². The first kappa shape index (κ1) is 17.3. The van der Waals surface area contributed by atoms with Crippen molar-refractivity contribution < 1.29 is 9.18 Å². The molecule has 1 saturated heterocycles. The molecule has 2 aromatic rings. The lowest BCUT2D eigenvalue weighted by Crippen LogP contribution is -2.33. The summed E-state index contributed by atoms with van der Waals surface area (Å²) in [5, 5.41) is 5.31. The summed E-state index contributed by atoms with van der Waals surface area (Å²) >= 11 is 7.30. The number of carbonyl (C=O) groups is 1. The van der Waals surface area contributed by atoms with Gasteiger partial charge in [0.1, 0.15) is 5.82 Å². The predicted molar refractivity (Wildman–Crippen MR) is 95.2 cm³/mol. The van der Waals surface area contributed by atoms with E-state index in [2.05, 4.69) is 22.1 Å². The van der Waals surface area contributed by atoms with Crippen molar-refractivity contribution in [3.8, 4) is 0 Å². The number of amides is 1. The molecule has 0 saturated carbocycles. The SMILES string of the molecule is C[C@H]1CCCN(Cc2csc(NC(=O)c3ccc(F)cc3Cl)n2)C1. The normalized spacial score (nSPS) is 18.5. The Kier molecular flexibility index (Phi) is 5.48. The van der Waals surface area contributed by atoms with E-state index in [1.165, 1.54) is 36.3 Å². The lowest BCUT2D eigenvalue weighted by atomic mass is 10.0. The van der Waals surface area contributed by atoms with Crippen molar-refractivity contribution in [1.82, 2.24) is 9.88 Å². The van der Waals surface area contributed by atoms with Gasteiger partial charge in [-0.2, -0.15) is 0 Å². The Morgan fingerprint density at radius 3 is 3.12 bits per heavy atom. The first-order valence-electron chi connectivity index (χ1n) is 7.94. The van der Waals surface area contributed by atoms with Gasteiger partial charge in [0, 0.05) is 18.5 Å². The number of likely N-dealkylation sites (tertiary alicyclic amines) is 1. The number of thiazole rings is 1. The molecule has 0 spiro atoms. The van der Waals surface area contributed by atoms with Crippen molar-refractivity contribution >= 4 is 34.0 Å². The number of rotatable bonds is 4. The zero-order valence-electron chi connectivity index (χ0n) is 13.4. The van der Waals surface area contributed by atoms with Crippen LogP contribution < -0.4 is 5.32 Å². The van der Waals surface area contributed by atoms with E-state index in [0.29, 0.717) is 5.13 Å². The fourth-order valence-corrected chi connectivity index (χ4v) is 3.88. The molecule has 1 aliphatic heterocycles. The second kappa shape index (κ2) is 7.59. The summed E-state index contributed by atoms with van der Waals surface area (Å²) in [5.74, 6) is -0.131. The second-order valence-electron chi connectivity index (χ2n) is 6.20. The molecule has 0 aliphatic carbocycles. The zero-order chi connectivity index (χ0) is 17.1. The van der Waals surface area contributed by atoms with Gasteiger partial charge < -0.3 is 0 Å². The van der Waals surface area contributed by atoms with Crippen molar-refractivity contribution in [2.75, 3.05) is 18.4 Å². The van der Waals surface area contributed by atoms with Crippen LogP contribution in [0.3, 0.4) is 0 Å². The molecule has 24 heavy (non-hydrogen) atoms. The molecule has 1 atom stereocenters. The highest BCUT2D eigenvalue weighted by Gasteiger charge is 2.18. The number of piperidine rings is 1. The number of hydrogen-bond donors (Lipinski definition) is 1. The third-order valence-corrected chi connectivity index (χ3v) is 5.19. The smallest absolute Gasteiger partial charge is 0.258 e. The molecule has 1 amide bonds. The summed E-state index contributed by atoms with van der Waals surface area (Å²) in [7, 11) is 0. The third-order valence-electron chi connectivity index (χ3n) is 4.07. The summed E-state index contributed by atoms with van der Waals surface area (Å²) in [6, 6.07) is 3.71. The molecule has 1 fully saturated rings. The largest absolute Gasteiger partial charge is 0.298 e. The van der Waals surface area contributed by atoms with Crippen molar-refractivity contribution in [2.45, 2.75) is 26.3 Å². The maximum Gasteiger partial charge on any atom is 0.258 e. The van der Waals surface area contributed by atoms with Gasteiger partial charge >= 0.3 is 0 Å². The quantitative estimate of drug-likeness (QED) is 0.870. The maximum atomic E-state index is 13.1. The number of nitrogens with one attached hydrogen (secondary N) is 1. The summed E-state index contributed by atoms with van der Waals surface area (Å²) in [6.07, 6.45) is 2.51. The van der Waals surface area contributed by atoms with Crippen LogP contribution in [0.2, 0.25) is 5.02 Å². The van der Waals surface area contributed by atoms with Crippen molar-refractivity contribution in [3.63, 3.8) is 0 Å². The van der Waals surface area contributed by atoms with Gasteiger partial charge in [-0.1, -0.05) is 18.5 Å². The van der Waals surface area contributed by atoms with Gasteiger partial charge in [-0.05, 0) is 43.5 Å². The summed E-state index contributed by atoms with van der Waals surface area (Å²) in [6.45, 7) is 5.25. The van der Waals surface area contributed by atoms with Crippen molar-refractivity contribution in [3.05, 3.63) is 45.7 Å². The molecule has 2 heterocycles. The Morgan fingerprint density at radius 2 is 2.38 bits per heavy atom. The number of carbonyl (C=O) groups excluding carboxylic acids is 1. The second-order valence-corrected chi connectivity index (χ2v) is 7.47.